The van der Waals surface area contributed by atoms with Crippen molar-refractivity contribution >= 4 is 5.97 Å². The molecular weight excluding hydrogens is 450 g/mol. The summed E-state index contributed by atoms with van der Waals surface area (Å²) in [7, 11) is 1.36. The second kappa shape index (κ2) is 25.2. The van der Waals surface area contributed by atoms with Crippen LogP contribution < -0.4 is 5.32 Å². The van der Waals surface area contributed by atoms with Crippen LogP contribution in [0.15, 0.2) is 0 Å². The smallest absolute Gasteiger partial charge is 0.307 e. The summed E-state index contributed by atoms with van der Waals surface area (Å²) in [6.07, 6.45) is 2.79. The van der Waals surface area contributed by atoms with Crippen LogP contribution in [0, 0.1) is 0 Å². The third kappa shape index (κ3) is 21.6. The van der Waals surface area contributed by atoms with Crippen LogP contribution >= 0.6 is 0 Å². The molecule has 202 valence electrons. The lowest BCUT2D eigenvalue weighted by molar-refractivity contribution is -0.141. The molecule has 0 aromatic carbocycles. The van der Waals surface area contributed by atoms with E-state index in [4.69, 9.17) is 37.9 Å². The average Bonchev–Trinajstić information content (AvgIpc) is 2.87. The summed E-state index contributed by atoms with van der Waals surface area (Å²) in [5, 5.41) is 3.32. The summed E-state index contributed by atoms with van der Waals surface area (Å²) in [6, 6.07) is 0. The van der Waals surface area contributed by atoms with Crippen LogP contribution in [-0.2, 0) is 47.4 Å². The van der Waals surface area contributed by atoms with Crippen LogP contribution in [-0.4, -0.2) is 131 Å². The van der Waals surface area contributed by atoms with Gasteiger partial charge in [-0.25, -0.2) is 0 Å². The molecule has 0 unspecified atom stereocenters. The van der Waals surface area contributed by atoms with Gasteiger partial charge in [-0.3, -0.25) is 4.79 Å². The van der Waals surface area contributed by atoms with Gasteiger partial charge in [0.25, 0.3) is 0 Å². The standard InChI is InChI=1S/C23H45NO10/c1-26-23(25)4-7-27-8-9-28-10-11-29-12-13-30-14-15-31-16-17-32-18-19-33-20-21-34-22-2-5-24-6-3-22/h22,24H,2-21H2,1H3. The molecule has 0 aromatic heterocycles. The van der Waals surface area contributed by atoms with Gasteiger partial charge < -0.3 is 47.9 Å². The van der Waals surface area contributed by atoms with Crippen molar-refractivity contribution < 1.29 is 47.4 Å². The predicted octanol–water partition coefficient (Wildman–Crippen LogP) is 0.434. The van der Waals surface area contributed by atoms with E-state index >= 15 is 0 Å². The Kier molecular flexibility index (Phi) is 23.1. The molecule has 0 amide bonds. The van der Waals surface area contributed by atoms with Crippen LogP contribution in [0.25, 0.3) is 0 Å². The lowest BCUT2D eigenvalue weighted by atomic mass is 10.1. The van der Waals surface area contributed by atoms with Crippen molar-refractivity contribution in [2.75, 3.05) is 119 Å². The number of hydrogen-bond acceptors (Lipinski definition) is 11. The van der Waals surface area contributed by atoms with Gasteiger partial charge in [0.05, 0.1) is 119 Å². The first-order valence-corrected chi connectivity index (χ1v) is 12.3. The number of nitrogens with one attached hydrogen (secondary N) is 1. The van der Waals surface area contributed by atoms with E-state index in [1.807, 2.05) is 0 Å². The molecule has 0 aromatic rings. The zero-order valence-electron chi connectivity index (χ0n) is 20.8. The summed E-state index contributed by atoms with van der Waals surface area (Å²) < 4.78 is 48.2. The van der Waals surface area contributed by atoms with Crippen LogP contribution in [0.5, 0.6) is 0 Å². The van der Waals surface area contributed by atoms with E-state index in [0.717, 1.165) is 25.9 Å². The number of hydrogen-bond donors (Lipinski definition) is 1. The summed E-state index contributed by atoms with van der Waals surface area (Å²) in [6.45, 7) is 9.78. The quantitative estimate of drug-likeness (QED) is 0.141. The Hall–Kier alpha value is -0.890. The molecule has 0 bridgehead atoms. The number of rotatable bonds is 25. The SMILES string of the molecule is COC(=O)CCOCCOCCOCCOCCOCCOCCOCCOC1CCNCC1. The molecule has 1 N–H and O–H groups in total. The maximum atomic E-state index is 10.9. The van der Waals surface area contributed by atoms with Crippen molar-refractivity contribution in [1.29, 1.82) is 0 Å². The Bertz CT molecular complexity index is 438. The lowest BCUT2D eigenvalue weighted by Crippen LogP contribution is -2.33. The van der Waals surface area contributed by atoms with Gasteiger partial charge in [0.15, 0.2) is 0 Å². The Morgan fingerprint density at radius 2 is 0.941 bits per heavy atom. The highest BCUT2D eigenvalue weighted by molar-refractivity contribution is 5.69. The third-order valence-electron chi connectivity index (χ3n) is 4.78. The second-order valence-electron chi connectivity index (χ2n) is 7.43. The molecule has 34 heavy (non-hydrogen) atoms. The van der Waals surface area contributed by atoms with Gasteiger partial charge in [-0.2, -0.15) is 0 Å². The molecule has 11 nitrogen and oxygen atoms in total. The molecule has 1 saturated heterocycles. The van der Waals surface area contributed by atoms with E-state index < -0.39 is 0 Å². The first kappa shape index (κ1) is 31.1. The normalized spacial score (nSPS) is 14.5. The van der Waals surface area contributed by atoms with Crippen molar-refractivity contribution in [3.05, 3.63) is 0 Å². The van der Waals surface area contributed by atoms with E-state index in [-0.39, 0.29) is 12.4 Å². The minimum atomic E-state index is -0.279. The van der Waals surface area contributed by atoms with Crippen molar-refractivity contribution in [2.24, 2.45) is 0 Å². The van der Waals surface area contributed by atoms with Crippen molar-refractivity contribution in [1.82, 2.24) is 5.32 Å². The molecule has 1 aliphatic rings. The van der Waals surface area contributed by atoms with E-state index in [0.29, 0.717) is 105 Å². The summed E-state index contributed by atoms with van der Waals surface area (Å²) >= 11 is 0. The molecule has 1 fully saturated rings. The van der Waals surface area contributed by atoms with Crippen LogP contribution in [0.1, 0.15) is 19.3 Å². The Balaban J connectivity index is 1.63. The maximum absolute atomic E-state index is 10.9. The molecule has 1 heterocycles. The van der Waals surface area contributed by atoms with Gasteiger partial charge >= 0.3 is 5.97 Å². The van der Waals surface area contributed by atoms with Gasteiger partial charge in [-0.15, -0.1) is 0 Å². The molecular formula is C23H45NO10. The van der Waals surface area contributed by atoms with E-state index in [1.54, 1.807) is 0 Å². The summed E-state index contributed by atoms with van der Waals surface area (Å²) in [4.78, 5) is 10.9. The molecule has 1 rings (SSSR count). The summed E-state index contributed by atoms with van der Waals surface area (Å²) in [5.74, 6) is -0.279. The highest BCUT2D eigenvalue weighted by atomic mass is 16.6. The Morgan fingerprint density at radius 1 is 0.588 bits per heavy atom. The number of methoxy groups -OCH3 is 1. The molecule has 0 aliphatic carbocycles. The van der Waals surface area contributed by atoms with Crippen LogP contribution in [0.4, 0.5) is 0 Å². The number of carbonyl (C=O) groups excluding carboxylic acids is 1. The minimum absolute atomic E-state index is 0.253. The average molecular weight is 496 g/mol. The maximum Gasteiger partial charge on any atom is 0.307 e. The first-order chi connectivity index (χ1) is 16.8. The third-order valence-corrected chi connectivity index (χ3v) is 4.78. The first-order valence-electron chi connectivity index (χ1n) is 12.3. The predicted molar refractivity (Wildman–Crippen MR) is 124 cm³/mol. The van der Waals surface area contributed by atoms with Crippen LogP contribution in [0.2, 0.25) is 0 Å². The molecule has 0 atom stereocenters. The molecule has 11 heteroatoms. The minimum Gasteiger partial charge on any atom is -0.469 e. The Morgan fingerprint density at radius 3 is 1.32 bits per heavy atom. The topological polar surface area (TPSA) is 112 Å². The summed E-state index contributed by atoms with van der Waals surface area (Å²) in [5.41, 5.74) is 0. The molecule has 0 spiro atoms. The van der Waals surface area contributed by atoms with E-state index in [9.17, 15) is 4.79 Å². The van der Waals surface area contributed by atoms with Crippen LogP contribution in [0.3, 0.4) is 0 Å². The lowest BCUT2D eigenvalue weighted by Gasteiger charge is -2.22. The van der Waals surface area contributed by atoms with Gasteiger partial charge in [-0.05, 0) is 25.9 Å². The highest BCUT2D eigenvalue weighted by Gasteiger charge is 2.12. The largest absolute Gasteiger partial charge is 0.469 e. The van der Waals surface area contributed by atoms with Crippen molar-refractivity contribution in [3.63, 3.8) is 0 Å². The fraction of sp³-hybridized carbons (Fsp3) is 0.957. The Labute approximate surface area is 203 Å². The van der Waals surface area contributed by atoms with E-state index in [1.165, 1.54) is 7.11 Å². The fourth-order valence-electron chi connectivity index (χ4n) is 2.91. The fourth-order valence-corrected chi connectivity index (χ4v) is 2.91. The molecule has 1 aliphatic heterocycles. The zero-order chi connectivity index (χ0) is 24.4. The van der Waals surface area contributed by atoms with Crippen molar-refractivity contribution in [2.45, 2.75) is 25.4 Å². The van der Waals surface area contributed by atoms with Crippen molar-refractivity contribution in [3.8, 4) is 0 Å². The monoisotopic (exact) mass is 495 g/mol. The van der Waals surface area contributed by atoms with Gasteiger partial charge in [0.1, 0.15) is 0 Å². The van der Waals surface area contributed by atoms with Gasteiger partial charge in [-0.1, -0.05) is 0 Å². The number of piperidine rings is 1. The number of ether oxygens (including phenoxy) is 9. The van der Waals surface area contributed by atoms with E-state index in [2.05, 4.69) is 10.1 Å². The highest BCUT2D eigenvalue weighted by Crippen LogP contribution is 2.06. The van der Waals surface area contributed by atoms with Gasteiger partial charge in [0.2, 0.25) is 0 Å². The number of esters is 1. The zero-order valence-corrected chi connectivity index (χ0v) is 20.8. The molecule has 0 radical (unpaired) electrons. The van der Waals surface area contributed by atoms with Gasteiger partial charge in [0, 0.05) is 0 Å². The molecule has 0 saturated carbocycles. The second-order valence-corrected chi connectivity index (χ2v) is 7.43. The number of carbonyl (C=O) groups is 1.